The number of nitrogens with zero attached hydrogens (tertiary/aromatic N) is 2. The van der Waals surface area contributed by atoms with Gasteiger partial charge in [0.1, 0.15) is 18.0 Å². The van der Waals surface area contributed by atoms with Gasteiger partial charge in [0.15, 0.2) is 6.67 Å². The van der Waals surface area contributed by atoms with Gasteiger partial charge in [0.25, 0.3) is 10.7 Å². The fraction of sp³-hybridized carbons (Fsp3) is 0.333. The first-order valence-electron chi connectivity index (χ1n) is 7.39. The van der Waals surface area contributed by atoms with Crippen molar-refractivity contribution in [2.24, 2.45) is 0 Å². The van der Waals surface area contributed by atoms with Gasteiger partial charge in [0, 0.05) is 10.1 Å². The minimum atomic E-state index is 0.382. The average molecular weight is 369 g/mol. The highest BCUT2D eigenvalue weighted by Gasteiger charge is 2.20. The van der Waals surface area contributed by atoms with Crippen molar-refractivity contribution >= 4 is 45.2 Å². The van der Waals surface area contributed by atoms with Gasteiger partial charge in [-0.25, -0.2) is 0 Å². The number of hydrogen-bond acceptors (Lipinski definition) is 5. The smallest absolute Gasteiger partial charge is 0.292 e. The summed E-state index contributed by atoms with van der Waals surface area (Å²) in [5, 5.41) is 6.23. The van der Waals surface area contributed by atoms with Crippen molar-refractivity contribution < 1.29 is 14.1 Å². The van der Waals surface area contributed by atoms with Crippen molar-refractivity contribution in [2.75, 3.05) is 26.3 Å². The average Bonchev–Trinajstić information content (AvgIpc) is 3.10. The third-order valence-electron chi connectivity index (χ3n) is 3.91. The Hall–Kier alpha value is -1.25. The lowest BCUT2D eigenvalue weighted by Crippen LogP contribution is -3.13. The van der Waals surface area contributed by atoms with Gasteiger partial charge in [-0.2, -0.15) is 4.68 Å². The molecule has 1 aliphatic rings. The van der Waals surface area contributed by atoms with E-state index >= 15 is 0 Å². The van der Waals surface area contributed by atoms with Crippen molar-refractivity contribution in [3.05, 3.63) is 34.1 Å². The summed E-state index contributed by atoms with van der Waals surface area (Å²) < 4.78 is 13.9. The molecule has 120 valence electrons. The molecule has 0 atom stereocenters. The second-order valence-electron chi connectivity index (χ2n) is 5.43. The second kappa shape index (κ2) is 6.33. The Balaban J connectivity index is 1.67. The van der Waals surface area contributed by atoms with E-state index in [9.17, 15) is 0 Å². The van der Waals surface area contributed by atoms with E-state index in [1.165, 1.54) is 4.90 Å². The highest BCUT2D eigenvalue weighted by Crippen LogP contribution is 2.41. The number of rotatable bonds is 3. The third-order valence-corrected chi connectivity index (χ3v) is 5.87. The molecule has 0 aliphatic carbocycles. The summed E-state index contributed by atoms with van der Waals surface area (Å²) in [6.45, 7) is 4.14. The van der Waals surface area contributed by atoms with E-state index in [1.807, 2.05) is 24.3 Å². The molecule has 3 aromatic rings. The Morgan fingerprint density at radius 2 is 2.09 bits per heavy atom. The number of aromatic nitrogens is 2. The zero-order valence-corrected chi connectivity index (χ0v) is 14.6. The number of nitrogens with one attached hydrogen (secondary N) is 1. The lowest BCUT2D eigenvalue weighted by atomic mass is 10.2. The molecule has 1 saturated heterocycles. The number of quaternary nitrogens is 1. The highest BCUT2D eigenvalue weighted by atomic mass is 35.5. The molecule has 0 amide bonds. The maximum Gasteiger partial charge on any atom is 0.292 e. The molecule has 0 spiro atoms. The quantitative estimate of drug-likeness (QED) is 0.722. The number of ether oxygens (including phenoxy) is 1. The first-order valence-corrected chi connectivity index (χ1v) is 8.99. The molecule has 0 saturated carbocycles. The van der Waals surface area contributed by atoms with Gasteiger partial charge < -0.3 is 14.1 Å². The standard InChI is InChI=1S/C15H14ClN3O2S2/c16-12-10-3-1-2-4-11(10)23-13(12)14-17-19(15(22)21-14)9-18-5-7-20-8-6-18/h1-4H,5-9H2/p+1. The Labute approximate surface area is 147 Å². The van der Waals surface area contributed by atoms with Gasteiger partial charge in [-0.3, -0.25) is 0 Å². The van der Waals surface area contributed by atoms with Gasteiger partial charge in [-0.1, -0.05) is 29.8 Å². The van der Waals surface area contributed by atoms with Crippen LogP contribution in [0.25, 0.3) is 20.9 Å². The van der Waals surface area contributed by atoms with Crippen molar-refractivity contribution in [3.63, 3.8) is 0 Å². The SMILES string of the molecule is S=c1oc(-c2sc3ccccc3c2Cl)nn1C[NH+]1CCOCC1. The molecule has 2 aromatic heterocycles. The largest absolute Gasteiger partial charge is 0.408 e. The Morgan fingerprint density at radius 1 is 1.30 bits per heavy atom. The summed E-state index contributed by atoms with van der Waals surface area (Å²) in [5.41, 5.74) is 0. The summed E-state index contributed by atoms with van der Waals surface area (Å²) in [4.78, 5) is 2.59. The Kier molecular flexibility index (Phi) is 4.21. The first-order chi connectivity index (χ1) is 11.2. The minimum Gasteiger partial charge on any atom is -0.408 e. The molecule has 1 N–H and O–H groups in total. The summed E-state index contributed by atoms with van der Waals surface area (Å²) in [6, 6.07) is 8.01. The van der Waals surface area contributed by atoms with Crippen LogP contribution >= 0.6 is 35.2 Å². The Morgan fingerprint density at radius 3 is 2.87 bits per heavy atom. The first kappa shape index (κ1) is 15.3. The molecule has 0 radical (unpaired) electrons. The van der Waals surface area contributed by atoms with Crippen LogP contribution in [0.1, 0.15) is 0 Å². The molecule has 23 heavy (non-hydrogen) atoms. The van der Waals surface area contributed by atoms with E-state index in [4.69, 9.17) is 33.0 Å². The van der Waals surface area contributed by atoms with Crippen molar-refractivity contribution in [3.8, 4) is 10.8 Å². The van der Waals surface area contributed by atoms with E-state index < -0.39 is 0 Å². The fourth-order valence-electron chi connectivity index (χ4n) is 2.68. The third kappa shape index (κ3) is 2.95. The normalized spacial score (nSPS) is 16.2. The molecule has 5 nitrogen and oxygen atoms in total. The molecule has 1 fully saturated rings. The van der Waals surface area contributed by atoms with E-state index in [2.05, 4.69) is 5.10 Å². The topological polar surface area (TPSA) is 44.6 Å². The minimum absolute atomic E-state index is 0.382. The van der Waals surface area contributed by atoms with Crippen molar-refractivity contribution in [2.45, 2.75) is 6.67 Å². The number of benzene rings is 1. The zero-order valence-electron chi connectivity index (χ0n) is 12.3. The van der Waals surface area contributed by atoms with Crippen LogP contribution in [0, 0.1) is 4.84 Å². The van der Waals surface area contributed by atoms with Gasteiger partial charge in [-0.15, -0.1) is 16.4 Å². The van der Waals surface area contributed by atoms with Crippen molar-refractivity contribution in [1.82, 2.24) is 9.78 Å². The molecule has 3 heterocycles. The number of fused-ring (bicyclic) bond motifs is 1. The fourth-order valence-corrected chi connectivity index (χ4v) is 4.30. The van der Waals surface area contributed by atoms with Crippen LogP contribution in [0.4, 0.5) is 0 Å². The molecule has 1 aromatic carbocycles. The summed E-state index contributed by atoms with van der Waals surface area (Å²) in [5.74, 6) is 0.494. The molecule has 4 rings (SSSR count). The van der Waals surface area contributed by atoms with Crippen LogP contribution in [0.15, 0.2) is 28.7 Å². The maximum atomic E-state index is 6.49. The predicted molar refractivity (Wildman–Crippen MR) is 92.7 cm³/mol. The van der Waals surface area contributed by atoms with Gasteiger partial charge >= 0.3 is 0 Å². The maximum absolute atomic E-state index is 6.49. The van der Waals surface area contributed by atoms with E-state index in [0.717, 1.165) is 41.3 Å². The van der Waals surface area contributed by atoms with Crippen LogP contribution in [-0.2, 0) is 11.4 Å². The summed E-state index contributed by atoms with van der Waals surface area (Å²) in [6.07, 6.45) is 0. The van der Waals surface area contributed by atoms with Crippen LogP contribution in [0.3, 0.4) is 0 Å². The predicted octanol–water partition coefficient (Wildman–Crippen LogP) is 2.61. The monoisotopic (exact) mass is 368 g/mol. The van der Waals surface area contributed by atoms with Gasteiger partial charge in [0.05, 0.1) is 18.2 Å². The molecule has 0 unspecified atom stereocenters. The molecule has 8 heteroatoms. The lowest BCUT2D eigenvalue weighted by molar-refractivity contribution is -0.931. The summed E-state index contributed by atoms with van der Waals surface area (Å²) in [7, 11) is 0. The molecule has 1 aliphatic heterocycles. The molecule has 0 bridgehead atoms. The van der Waals surface area contributed by atoms with E-state index in [1.54, 1.807) is 16.0 Å². The number of morpholine rings is 1. The van der Waals surface area contributed by atoms with E-state index in [0.29, 0.717) is 22.4 Å². The van der Waals surface area contributed by atoms with E-state index in [-0.39, 0.29) is 0 Å². The van der Waals surface area contributed by atoms with Crippen LogP contribution < -0.4 is 4.90 Å². The second-order valence-corrected chi connectivity index (χ2v) is 7.21. The molecular weight excluding hydrogens is 354 g/mol. The summed E-state index contributed by atoms with van der Waals surface area (Å²) >= 11 is 13.4. The molecular formula is C15H15ClN3O2S2+. The Bertz CT molecular complexity index is 896. The number of hydrogen-bond donors (Lipinski definition) is 1. The highest BCUT2D eigenvalue weighted by molar-refractivity contribution is 7.71. The number of thiophene rings is 1. The van der Waals surface area contributed by atoms with Gasteiger partial charge in [0.2, 0.25) is 0 Å². The number of halogens is 1. The zero-order chi connectivity index (χ0) is 15.8. The lowest BCUT2D eigenvalue weighted by Gasteiger charge is -2.22. The van der Waals surface area contributed by atoms with Gasteiger partial charge in [-0.05, 0) is 18.3 Å². The van der Waals surface area contributed by atoms with Crippen LogP contribution in [-0.4, -0.2) is 36.1 Å². The van der Waals surface area contributed by atoms with Crippen LogP contribution in [0.5, 0.6) is 0 Å². The van der Waals surface area contributed by atoms with Crippen molar-refractivity contribution in [1.29, 1.82) is 0 Å². The van der Waals surface area contributed by atoms with Crippen LogP contribution in [0.2, 0.25) is 5.02 Å².